The zero-order valence-corrected chi connectivity index (χ0v) is 11.7. The summed E-state index contributed by atoms with van der Waals surface area (Å²) in [6.07, 6.45) is 0.231. The van der Waals surface area contributed by atoms with Crippen molar-refractivity contribution in [1.82, 2.24) is 0 Å². The maximum Gasteiger partial charge on any atom is 0.307 e. The Hall–Kier alpha value is -1.10. The number of hydrogen-bond acceptors (Lipinski definition) is 4. The number of carbonyl (C=O) groups excluding carboxylic acids is 1. The first kappa shape index (κ1) is 15.0. The quantitative estimate of drug-likeness (QED) is 0.877. The van der Waals surface area contributed by atoms with Crippen molar-refractivity contribution in [1.29, 1.82) is 0 Å². The molecule has 0 aliphatic rings. The van der Waals surface area contributed by atoms with Crippen molar-refractivity contribution in [3.63, 3.8) is 0 Å². The van der Waals surface area contributed by atoms with Crippen molar-refractivity contribution >= 4 is 39.8 Å². The van der Waals surface area contributed by atoms with Crippen molar-refractivity contribution in [2.24, 2.45) is 5.73 Å². The molecule has 2 N–H and O–H groups in total. The minimum atomic E-state index is -0.287. The molecule has 0 aliphatic carbocycles. The van der Waals surface area contributed by atoms with Gasteiger partial charge < -0.3 is 10.5 Å². The number of thiophene rings is 1. The first-order chi connectivity index (χ1) is 8.22. The number of nitrogens with two attached hydrogens (primary N) is 1. The molecule has 98 valence electrons. The van der Waals surface area contributed by atoms with Gasteiger partial charge in [-0.15, -0.1) is 23.7 Å². The highest BCUT2D eigenvalue weighted by molar-refractivity contribution is 7.17. The molecule has 0 unspecified atom stereocenters. The number of halogens is 1. The molecule has 0 radical (unpaired) electrons. The predicted octanol–water partition coefficient (Wildman–Crippen LogP) is 3.28. The lowest BCUT2D eigenvalue weighted by molar-refractivity contribution is -0.143. The fourth-order valence-electron chi connectivity index (χ4n) is 1.79. The number of benzene rings is 1. The van der Waals surface area contributed by atoms with Gasteiger partial charge in [-0.25, -0.2) is 0 Å². The van der Waals surface area contributed by atoms with Gasteiger partial charge in [0.2, 0.25) is 0 Å². The highest BCUT2D eigenvalue weighted by Gasteiger charge is 2.15. The second-order valence-electron chi connectivity index (χ2n) is 3.80. The molecule has 2 aromatic rings. The van der Waals surface area contributed by atoms with Crippen LogP contribution in [0.3, 0.4) is 0 Å². The molecule has 0 saturated heterocycles. The highest BCUT2D eigenvalue weighted by Crippen LogP contribution is 2.30. The second-order valence-corrected chi connectivity index (χ2v) is 4.71. The molecule has 0 saturated carbocycles. The van der Waals surface area contributed by atoms with Crippen LogP contribution in [-0.4, -0.2) is 12.6 Å². The van der Waals surface area contributed by atoms with E-state index in [2.05, 4.69) is 6.07 Å². The third-order valence-corrected chi connectivity index (χ3v) is 3.58. The summed E-state index contributed by atoms with van der Waals surface area (Å²) in [4.78, 5) is 11.4. The Balaban J connectivity index is 0.00000162. The molecule has 0 aliphatic heterocycles. The average molecular weight is 286 g/mol. The molecule has 1 atom stereocenters. The SMILES string of the molecule is CCOC(=O)C[C@@H](N)c1csc2ccccc12.Cl. The van der Waals surface area contributed by atoms with Gasteiger partial charge >= 0.3 is 5.97 Å². The number of rotatable bonds is 4. The van der Waals surface area contributed by atoms with Crippen LogP contribution in [0.4, 0.5) is 0 Å². The van der Waals surface area contributed by atoms with E-state index in [0.29, 0.717) is 6.61 Å². The average Bonchev–Trinajstić information content (AvgIpc) is 2.72. The number of esters is 1. The molecular formula is C13H16ClNO2S. The van der Waals surface area contributed by atoms with Crippen LogP contribution in [0.25, 0.3) is 10.1 Å². The zero-order valence-electron chi connectivity index (χ0n) is 10.1. The topological polar surface area (TPSA) is 52.3 Å². The van der Waals surface area contributed by atoms with Crippen LogP contribution in [0.2, 0.25) is 0 Å². The van der Waals surface area contributed by atoms with E-state index in [0.717, 1.165) is 10.9 Å². The molecule has 0 bridgehead atoms. The van der Waals surface area contributed by atoms with Crippen LogP contribution in [0, 0.1) is 0 Å². The lowest BCUT2D eigenvalue weighted by atomic mass is 10.0. The highest BCUT2D eigenvalue weighted by atomic mass is 35.5. The van der Waals surface area contributed by atoms with Crippen LogP contribution in [0.1, 0.15) is 24.9 Å². The molecule has 0 spiro atoms. The van der Waals surface area contributed by atoms with Crippen molar-refractivity contribution in [2.75, 3.05) is 6.61 Å². The molecule has 1 aromatic carbocycles. The predicted molar refractivity (Wildman–Crippen MR) is 77.3 cm³/mol. The van der Waals surface area contributed by atoms with Crippen LogP contribution >= 0.6 is 23.7 Å². The number of carbonyl (C=O) groups is 1. The summed E-state index contributed by atoms with van der Waals surface area (Å²) < 4.78 is 6.10. The van der Waals surface area contributed by atoms with Gasteiger partial charge in [-0.1, -0.05) is 18.2 Å². The third-order valence-electron chi connectivity index (χ3n) is 2.60. The van der Waals surface area contributed by atoms with Gasteiger partial charge in [-0.2, -0.15) is 0 Å². The molecule has 1 aromatic heterocycles. The lowest BCUT2D eigenvalue weighted by Gasteiger charge is -2.10. The van der Waals surface area contributed by atoms with Gasteiger partial charge in [0, 0.05) is 10.7 Å². The van der Waals surface area contributed by atoms with Crippen LogP contribution in [0.5, 0.6) is 0 Å². The summed E-state index contributed by atoms with van der Waals surface area (Å²) in [6.45, 7) is 2.19. The molecular weight excluding hydrogens is 270 g/mol. The van der Waals surface area contributed by atoms with E-state index < -0.39 is 0 Å². The van der Waals surface area contributed by atoms with E-state index in [-0.39, 0.29) is 30.8 Å². The Labute approximate surface area is 116 Å². The normalized spacial score (nSPS) is 11.9. The Morgan fingerprint density at radius 3 is 2.89 bits per heavy atom. The first-order valence-corrected chi connectivity index (χ1v) is 6.47. The van der Waals surface area contributed by atoms with Crippen molar-refractivity contribution in [3.05, 3.63) is 35.2 Å². The van der Waals surface area contributed by atoms with Gasteiger partial charge in [0.25, 0.3) is 0 Å². The summed E-state index contributed by atoms with van der Waals surface area (Å²) in [5.74, 6) is -0.240. The van der Waals surface area contributed by atoms with E-state index in [9.17, 15) is 4.79 Å². The van der Waals surface area contributed by atoms with Gasteiger partial charge in [-0.05, 0) is 29.3 Å². The van der Waals surface area contributed by atoms with E-state index >= 15 is 0 Å². The number of hydrogen-bond donors (Lipinski definition) is 1. The Morgan fingerprint density at radius 2 is 2.17 bits per heavy atom. The number of fused-ring (bicyclic) bond motifs is 1. The van der Waals surface area contributed by atoms with Gasteiger partial charge in [-0.3, -0.25) is 4.79 Å². The van der Waals surface area contributed by atoms with Gasteiger partial charge in [0.15, 0.2) is 0 Å². The van der Waals surface area contributed by atoms with Crippen molar-refractivity contribution in [3.8, 4) is 0 Å². The second kappa shape index (κ2) is 6.73. The van der Waals surface area contributed by atoms with Crippen LogP contribution in [0.15, 0.2) is 29.6 Å². The maximum absolute atomic E-state index is 11.4. The minimum absolute atomic E-state index is 0. The largest absolute Gasteiger partial charge is 0.466 e. The molecule has 2 rings (SSSR count). The molecule has 1 heterocycles. The summed E-state index contributed by atoms with van der Waals surface area (Å²) in [6, 6.07) is 7.78. The minimum Gasteiger partial charge on any atom is -0.466 e. The van der Waals surface area contributed by atoms with E-state index in [1.807, 2.05) is 23.6 Å². The third kappa shape index (κ3) is 3.22. The Morgan fingerprint density at radius 1 is 1.44 bits per heavy atom. The smallest absolute Gasteiger partial charge is 0.307 e. The summed E-state index contributed by atoms with van der Waals surface area (Å²) in [5, 5.41) is 3.16. The molecule has 0 amide bonds. The molecule has 3 nitrogen and oxygen atoms in total. The van der Waals surface area contributed by atoms with Crippen molar-refractivity contribution < 1.29 is 9.53 Å². The van der Waals surface area contributed by atoms with E-state index in [4.69, 9.17) is 10.5 Å². The van der Waals surface area contributed by atoms with Crippen molar-refractivity contribution in [2.45, 2.75) is 19.4 Å². The van der Waals surface area contributed by atoms with Gasteiger partial charge in [0.1, 0.15) is 0 Å². The monoisotopic (exact) mass is 285 g/mol. The first-order valence-electron chi connectivity index (χ1n) is 5.59. The lowest BCUT2D eigenvalue weighted by Crippen LogP contribution is -2.16. The summed E-state index contributed by atoms with van der Waals surface area (Å²) >= 11 is 1.65. The van der Waals surface area contributed by atoms with Gasteiger partial charge in [0.05, 0.1) is 13.0 Å². The summed E-state index contributed by atoms with van der Waals surface area (Å²) in [7, 11) is 0. The molecule has 5 heteroatoms. The Bertz CT molecular complexity index is 526. The van der Waals surface area contributed by atoms with Crippen LogP contribution in [-0.2, 0) is 9.53 Å². The standard InChI is InChI=1S/C13H15NO2S.ClH/c1-2-16-13(15)7-11(14)10-8-17-12-6-4-3-5-9(10)12;/h3-6,8,11H,2,7,14H2,1H3;1H/t11-;/m1./s1. The van der Waals surface area contributed by atoms with E-state index in [1.165, 1.54) is 4.70 Å². The zero-order chi connectivity index (χ0) is 12.3. The fraction of sp³-hybridized carbons (Fsp3) is 0.308. The fourth-order valence-corrected chi connectivity index (χ4v) is 2.82. The Kier molecular flexibility index (Phi) is 5.59. The molecule has 0 fully saturated rings. The summed E-state index contributed by atoms with van der Waals surface area (Å²) in [5.41, 5.74) is 7.07. The number of ether oxygens (including phenoxy) is 1. The van der Waals surface area contributed by atoms with E-state index in [1.54, 1.807) is 18.3 Å². The maximum atomic E-state index is 11.4. The van der Waals surface area contributed by atoms with Crippen LogP contribution < -0.4 is 5.73 Å². The molecule has 18 heavy (non-hydrogen) atoms.